The van der Waals surface area contributed by atoms with E-state index in [0.717, 1.165) is 29.9 Å². The number of aliphatic hydroxyl groups excluding tert-OH is 1. The average molecular weight is 258 g/mol. The normalized spacial score (nSPS) is 19.5. The summed E-state index contributed by atoms with van der Waals surface area (Å²) in [7, 11) is 0. The van der Waals surface area contributed by atoms with Gasteiger partial charge in [-0.3, -0.25) is 0 Å². The number of benzene rings is 1. The monoisotopic (exact) mass is 258 g/mol. The summed E-state index contributed by atoms with van der Waals surface area (Å²) in [4.78, 5) is 0. The van der Waals surface area contributed by atoms with Gasteiger partial charge in [0, 0.05) is 5.56 Å². The Bertz CT molecular complexity index is 546. The van der Waals surface area contributed by atoms with E-state index in [1.54, 1.807) is 4.68 Å². The Hall–Kier alpha value is -1.72. The van der Waals surface area contributed by atoms with E-state index in [1.165, 1.54) is 12.8 Å². The van der Waals surface area contributed by atoms with Crippen molar-refractivity contribution in [2.24, 2.45) is 0 Å². The van der Waals surface area contributed by atoms with Crippen LogP contribution in [0.2, 0.25) is 0 Å². The number of hydrogen-bond donors (Lipinski definition) is 2. The van der Waals surface area contributed by atoms with Crippen LogP contribution in [0.5, 0.6) is 0 Å². The molecule has 1 saturated heterocycles. The van der Waals surface area contributed by atoms with Crippen LogP contribution in [0.3, 0.4) is 0 Å². The fourth-order valence-electron chi connectivity index (χ4n) is 2.53. The topological polar surface area (TPSA) is 63.0 Å². The van der Waals surface area contributed by atoms with Crippen molar-refractivity contribution >= 4 is 0 Å². The van der Waals surface area contributed by atoms with Gasteiger partial charge >= 0.3 is 0 Å². The maximum atomic E-state index is 9.36. The summed E-state index contributed by atoms with van der Waals surface area (Å²) in [5.74, 6) is 0. The molecular weight excluding hydrogens is 240 g/mol. The number of piperidine rings is 1. The van der Waals surface area contributed by atoms with Gasteiger partial charge in [-0.25, -0.2) is 4.68 Å². The molecule has 1 aliphatic rings. The molecule has 0 bridgehead atoms. The van der Waals surface area contributed by atoms with Crippen molar-refractivity contribution in [3.8, 4) is 5.69 Å². The van der Waals surface area contributed by atoms with Crippen LogP contribution in [0, 0.1) is 0 Å². The molecule has 0 radical (unpaired) electrons. The molecule has 3 rings (SSSR count). The lowest BCUT2D eigenvalue weighted by atomic mass is 10.0. The van der Waals surface area contributed by atoms with Crippen LogP contribution in [-0.2, 0) is 6.61 Å². The Morgan fingerprint density at radius 1 is 1.32 bits per heavy atom. The maximum Gasteiger partial charge on any atom is 0.100 e. The molecule has 5 nitrogen and oxygen atoms in total. The van der Waals surface area contributed by atoms with Crippen LogP contribution in [-0.4, -0.2) is 26.6 Å². The Kier molecular flexibility index (Phi) is 3.57. The number of nitrogens with zero attached hydrogens (tertiary/aromatic N) is 3. The second kappa shape index (κ2) is 5.50. The van der Waals surface area contributed by atoms with Gasteiger partial charge in [0.25, 0.3) is 0 Å². The van der Waals surface area contributed by atoms with Gasteiger partial charge in [0.15, 0.2) is 0 Å². The van der Waals surface area contributed by atoms with E-state index < -0.39 is 0 Å². The van der Waals surface area contributed by atoms with Gasteiger partial charge < -0.3 is 10.4 Å². The van der Waals surface area contributed by atoms with Crippen molar-refractivity contribution in [1.82, 2.24) is 20.3 Å². The number of para-hydroxylation sites is 1. The molecule has 1 fully saturated rings. The molecule has 0 saturated carbocycles. The fraction of sp³-hybridized carbons (Fsp3) is 0.429. The van der Waals surface area contributed by atoms with E-state index in [1.807, 2.05) is 30.5 Å². The predicted molar refractivity (Wildman–Crippen MR) is 71.9 cm³/mol. The van der Waals surface area contributed by atoms with E-state index in [4.69, 9.17) is 0 Å². The minimum Gasteiger partial charge on any atom is -0.392 e. The predicted octanol–water partition coefficient (Wildman–Crippen LogP) is 1.57. The Balaban J connectivity index is 1.88. The van der Waals surface area contributed by atoms with E-state index >= 15 is 0 Å². The van der Waals surface area contributed by atoms with Crippen molar-refractivity contribution in [3.63, 3.8) is 0 Å². The largest absolute Gasteiger partial charge is 0.392 e. The van der Waals surface area contributed by atoms with Crippen LogP contribution >= 0.6 is 0 Å². The molecule has 2 heterocycles. The van der Waals surface area contributed by atoms with Crippen LogP contribution < -0.4 is 5.32 Å². The molecule has 0 aliphatic carbocycles. The first-order valence-corrected chi connectivity index (χ1v) is 6.73. The quantitative estimate of drug-likeness (QED) is 0.877. The second-order valence-electron chi connectivity index (χ2n) is 4.88. The summed E-state index contributed by atoms with van der Waals surface area (Å²) >= 11 is 0. The van der Waals surface area contributed by atoms with Gasteiger partial charge in [-0.15, -0.1) is 5.10 Å². The van der Waals surface area contributed by atoms with E-state index in [2.05, 4.69) is 15.6 Å². The molecule has 1 atom stereocenters. The molecule has 0 amide bonds. The average Bonchev–Trinajstić information content (AvgIpc) is 2.98. The van der Waals surface area contributed by atoms with Crippen LogP contribution in [0.25, 0.3) is 5.69 Å². The zero-order valence-electron chi connectivity index (χ0n) is 10.8. The van der Waals surface area contributed by atoms with Crippen molar-refractivity contribution in [3.05, 3.63) is 41.7 Å². The second-order valence-corrected chi connectivity index (χ2v) is 4.88. The van der Waals surface area contributed by atoms with E-state index in [9.17, 15) is 5.11 Å². The Labute approximate surface area is 112 Å². The zero-order chi connectivity index (χ0) is 13.1. The molecule has 1 aromatic heterocycles. The number of rotatable bonds is 3. The van der Waals surface area contributed by atoms with Crippen molar-refractivity contribution < 1.29 is 5.11 Å². The molecule has 1 aliphatic heterocycles. The highest BCUT2D eigenvalue weighted by Crippen LogP contribution is 2.22. The molecule has 2 aromatic rings. The third-order valence-corrected chi connectivity index (χ3v) is 3.59. The first-order chi connectivity index (χ1) is 9.38. The summed E-state index contributed by atoms with van der Waals surface area (Å²) in [6, 6.07) is 8.00. The minimum atomic E-state index is 0.00699. The number of aliphatic hydroxyl groups is 1. The smallest absolute Gasteiger partial charge is 0.100 e. The summed E-state index contributed by atoms with van der Waals surface area (Å²) in [5, 5.41) is 21.3. The Morgan fingerprint density at radius 2 is 2.21 bits per heavy atom. The minimum absolute atomic E-state index is 0.00699. The molecule has 19 heavy (non-hydrogen) atoms. The van der Waals surface area contributed by atoms with Crippen molar-refractivity contribution in [1.29, 1.82) is 0 Å². The molecule has 0 spiro atoms. The van der Waals surface area contributed by atoms with Crippen LogP contribution in [0.15, 0.2) is 30.5 Å². The summed E-state index contributed by atoms with van der Waals surface area (Å²) in [5.41, 5.74) is 2.72. The third kappa shape index (κ3) is 2.52. The summed E-state index contributed by atoms with van der Waals surface area (Å²) < 4.78 is 1.75. The molecule has 1 unspecified atom stereocenters. The lowest BCUT2D eigenvalue weighted by Gasteiger charge is -2.20. The SMILES string of the molecule is OCc1ccccc1-n1cc(C2CCCCN2)nn1. The highest BCUT2D eigenvalue weighted by Gasteiger charge is 2.18. The van der Waals surface area contributed by atoms with Gasteiger partial charge in [-0.05, 0) is 25.5 Å². The molecule has 2 N–H and O–H groups in total. The lowest BCUT2D eigenvalue weighted by molar-refractivity contribution is 0.281. The van der Waals surface area contributed by atoms with E-state index in [0.29, 0.717) is 6.04 Å². The standard InChI is InChI=1S/C14H18N4O/c19-10-11-5-1-2-7-14(11)18-9-13(16-17-18)12-6-3-4-8-15-12/h1-2,5,7,9,12,15,19H,3-4,6,8,10H2. The van der Waals surface area contributed by atoms with Crippen molar-refractivity contribution in [2.75, 3.05) is 6.54 Å². The van der Waals surface area contributed by atoms with Gasteiger partial charge in [0.05, 0.1) is 24.5 Å². The molecule has 5 heteroatoms. The molecular formula is C14H18N4O. The zero-order valence-corrected chi connectivity index (χ0v) is 10.8. The first-order valence-electron chi connectivity index (χ1n) is 6.73. The van der Waals surface area contributed by atoms with Crippen molar-refractivity contribution in [2.45, 2.75) is 31.9 Å². The number of aromatic nitrogens is 3. The fourth-order valence-corrected chi connectivity index (χ4v) is 2.53. The van der Waals surface area contributed by atoms with Gasteiger partial charge in [0.1, 0.15) is 5.69 Å². The Morgan fingerprint density at radius 3 is 3.00 bits per heavy atom. The van der Waals surface area contributed by atoms with Crippen LogP contribution in [0.4, 0.5) is 0 Å². The van der Waals surface area contributed by atoms with Gasteiger partial charge in [-0.1, -0.05) is 29.8 Å². The summed E-state index contributed by atoms with van der Waals surface area (Å²) in [6.07, 6.45) is 5.54. The molecule has 1 aromatic carbocycles. The first kappa shape index (κ1) is 12.3. The number of nitrogens with one attached hydrogen (secondary N) is 1. The van der Waals surface area contributed by atoms with Gasteiger partial charge in [-0.2, -0.15) is 0 Å². The third-order valence-electron chi connectivity index (χ3n) is 3.59. The number of hydrogen-bond acceptors (Lipinski definition) is 4. The van der Waals surface area contributed by atoms with Gasteiger partial charge in [0.2, 0.25) is 0 Å². The highest BCUT2D eigenvalue weighted by atomic mass is 16.3. The maximum absolute atomic E-state index is 9.36. The van der Waals surface area contributed by atoms with E-state index in [-0.39, 0.29) is 6.61 Å². The summed E-state index contributed by atoms with van der Waals surface area (Å²) in [6.45, 7) is 1.05. The van der Waals surface area contributed by atoms with Crippen LogP contribution in [0.1, 0.15) is 36.6 Å². The lowest BCUT2D eigenvalue weighted by Crippen LogP contribution is -2.27. The highest BCUT2D eigenvalue weighted by molar-refractivity contribution is 5.39. The molecule has 100 valence electrons.